The molecule has 1 N–H and O–H groups in total. The Morgan fingerprint density at radius 1 is 1.32 bits per heavy atom. The van der Waals surface area contributed by atoms with Gasteiger partial charge in [0.05, 0.1) is 7.11 Å². The molecule has 4 rings (SSSR count). The maximum Gasteiger partial charge on any atom is 0.298 e. The van der Waals surface area contributed by atoms with Crippen LogP contribution in [-0.2, 0) is 10.0 Å². The zero-order valence-corrected chi connectivity index (χ0v) is 16.8. The van der Waals surface area contributed by atoms with Crippen molar-refractivity contribution in [2.24, 2.45) is 0 Å². The molecule has 0 spiro atoms. The first kappa shape index (κ1) is 19.0. The number of hydrogen-bond donors (Lipinski definition) is 1. The van der Waals surface area contributed by atoms with Crippen LogP contribution >= 0.6 is 11.6 Å². The summed E-state index contributed by atoms with van der Waals surface area (Å²) in [5.41, 5.74) is 1.50. The van der Waals surface area contributed by atoms with Crippen LogP contribution in [0.1, 0.15) is 12.8 Å². The van der Waals surface area contributed by atoms with E-state index in [1.54, 1.807) is 6.07 Å². The third-order valence-electron chi connectivity index (χ3n) is 4.83. The summed E-state index contributed by atoms with van der Waals surface area (Å²) in [6.07, 6.45) is 1.78. The van der Waals surface area contributed by atoms with Crippen molar-refractivity contribution in [3.8, 4) is 5.75 Å². The van der Waals surface area contributed by atoms with E-state index in [1.165, 1.54) is 19.2 Å². The molecule has 1 fully saturated rings. The molecule has 2 heterocycles. The van der Waals surface area contributed by atoms with Gasteiger partial charge < -0.3 is 14.1 Å². The number of aromatic nitrogens is 1. The van der Waals surface area contributed by atoms with E-state index in [0.717, 1.165) is 24.9 Å². The number of ether oxygens (including phenoxy) is 1. The number of hydrogen-bond acceptors (Lipinski definition) is 6. The highest BCUT2D eigenvalue weighted by Gasteiger charge is 2.30. The van der Waals surface area contributed by atoms with Crippen molar-refractivity contribution in [1.82, 2.24) is 9.71 Å². The van der Waals surface area contributed by atoms with Gasteiger partial charge in [0.15, 0.2) is 5.58 Å². The van der Waals surface area contributed by atoms with Crippen LogP contribution in [0.25, 0.3) is 11.1 Å². The number of anilines is 1. The zero-order chi connectivity index (χ0) is 19.7. The highest BCUT2D eigenvalue weighted by Crippen LogP contribution is 2.29. The fourth-order valence-electron chi connectivity index (χ4n) is 3.43. The van der Waals surface area contributed by atoms with E-state index >= 15 is 0 Å². The number of para-hydroxylation sites is 2. The van der Waals surface area contributed by atoms with Crippen molar-refractivity contribution >= 4 is 38.7 Å². The van der Waals surface area contributed by atoms with E-state index in [1.807, 2.05) is 29.2 Å². The molecule has 1 aliphatic heterocycles. The lowest BCUT2D eigenvalue weighted by Crippen LogP contribution is -2.40. The number of nitrogens with zero attached hydrogens (tertiary/aromatic N) is 2. The van der Waals surface area contributed by atoms with Crippen LogP contribution in [0.4, 0.5) is 6.01 Å². The van der Waals surface area contributed by atoms with Crippen LogP contribution in [0.2, 0.25) is 5.02 Å². The third-order valence-corrected chi connectivity index (χ3v) is 6.51. The molecule has 7 nitrogen and oxygen atoms in total. The van der Waals surface area contributed by atoms with Crippen LogP contribution in [0.15, 0.2) is 51.8 Å². The molecule has 1 atom stereocenters. The molecule has 9 heteroatoms. The third kappa shape index (κ3) is 3.67. The van der Waals surface area contributed by atoms with Gasteiger partial charge in [-0.25, -0.2) is 13.1 Å². The molecule has 0 saturated carbocycles. The molecule has 1 aromatic heterocycles. The largest absolute Gasteiger partial charge is 0.495 e. The van der Waals surface area contributed by atoms with Gasteiger partial charge in [-0.1, -0.05) is 23.7 Å². The van der Waals surface area contributed by atoms with Crippen molar-refractivity contribution in [2.45, 2.75) is 23.8 Å². The molecule has 1 unspecified atom stereocenters. The van der Waals surface area contributed by atoms with Crippen molar-refractivity contribution < 1.29 is 17.6 Å². The minimum Gasteiger partial charge on any atom is -0.495 e. The van der Waals surface area contributed by atoms with E-state index < -0.39 is 10.0 Å². The second kappa shape index (κ2) is 7.62. The Morgan fingerprint density at radius 2 is 2.14 bits per heavy atom. The SMILES string of the molecule is COc1ccc(Cl)cc1S(=O)(=O)NCC1CCCN1c1nc2ccccc2o1. The molecule has 2 aromatic carbocycles. The van der Waals surface area contributed by atoms with Crippen LogP contribution in [0.5, 0.6) is 5.75 Å². The summed E-state index contributed by atoms with van der Waals surface area (Å²) >= 11 is 5.97. The molecule has 3 aromatic rings. The van der Waals surface area contributed by atoms with E-state index in [9.17, 15) is 8.42 Å². The second-order valence-corrected chi connectivity index (χ2v) is 8.77. The lowest BCUT2D eigenvalue weighted by atomic mass is 10.2. The fourth-order valence-corrected chi connectivity index (χ4v) is 4.93. The van der Waals surface area contributed by atoms with Crippen molar-refractivity contribution in [3.63, 3.8) is 0 Å². The maximum atomic E-state index is 12.8. The standard InChI is InChI=1S/C19H20ClN3O4S/c1-26-17-9-8-13(20)11-18(17)28(24,25)21-12-14-5-4-10-23(14)19-22-15-6-2-3-7-16(15)27-19/h2-3,6-9,11,14,21H,4-5,10,12H2,1H3. The second-order valence-electron chi connectivity index (χ2n) is 6.60. The highest BCUT2D eigenvalue weighted by molar-refractivity contribution is 7.89. The molecule has 0 radical (unpaired) electrons. The number of halogens is 1. The van der Waals surface area contributed by atoms with E-state index in [2.05, 4.69) is 9.71 Å². The summed E-state index contributed by atoms with van der Waals surface area (Å²) < 4.78 is 39.3. The predicted octanol–water partition coefficient (Wildman–Crippen LogP) is 3.44. The summed E-state index contributed by atoms with van der Waals surface area (Å²) in [5, 5.41) is 0.329. The van der Waals surface area contributed by atoms with Gasteiger partial charge in [-0.2, -0.15) is 4.98 Å². The van der Waals surface area contributed by atoms with E-state index in [-0.39, 0.29) is 23.2 Å². The number of nitrogens with one attached hydrogen (secondary N) is 1. The quantitative estimate of drug-likeness (QED) is 0.656. The lowest BCUT2D eigenvalue weighted by Gasteiger charge is -2.23. The van der Waals surface area contributed by atoms with Crippen molar-refractivity contribution in [1.29, 1.82) is 0 Å². The molecular weight excluding hydrogens is 402 g/mol. The van der Waals surface area contributed by atoms with Gasteiger partial charge >= 0.3 is 0 Å². The number of sulfonamides is 1. The van der Waals surface area contributed by atoms with Gasteiger partial charge in [-0.15, -0.1) is 0 Å². The summed E-state index contributed by atoms with van der Waals surface area (Å²) in [7, 11) is -2.36. The fraction of sp³-hybridized carbons (Fsp3) is 0.316. The Morgan fingerprint density at radius 3 is 2.93 bits per heavy atom. The summed E-state index contributed by atoms with van der Waals surface area (Å²) in [5.74, 6) is 0.249. The summed E-state index contributed by atoms with van der Waals surface area (Å²) in [6.45, 7) is 0.996. The molecule has 1 saturated heterocycles. The monoisotopic (exact) mass is 421 g/mol. The average molecular weight is 422 g/mol. The highest BCUT2D eigenvalue weighted by atomic mass is 35.5. The number of fused-ring (bicyclic) bond motifs is 1. The Kier molecular flexibility index (Phi) is 5.18. The van der Waals surface area contributed by atoms with Crippen LogP contribution in [0, 0.1) is 0 Å². The average Bonchev–Trinajstić information content (AvgIpc) is 3.32. The van der Waals surface area contributed by atoms with Crippen LogP contribution < -0.4 is 14.4 Å². The number of rotatable bonds is 6. The Bertz CT molecular complexity index is 1070. The van der Waals surface area contributed by atoms with Gasteiger partial charge in [0.1, 0.15) is 16.2 Å². The normalized spacial score (nSPS) is 17.4. The van der Waals surface area contributed by atoms with Gasteiger partial charge in [0.2, 0.25) is 10.0 Å². The number of methoxy groups -OCH3 is 1. The Labute approximate surface area is 168 Å². The van der Waals surface area contributed by atoms with Gasteiger partial charge in [0.25, 0.3) is 6.01 Å². The molecule has 148 valence electrons. The summed E-state index contributed by atoms with van der Waals surface area (Å²) in [6, 6.07) is 12.5. The predicted molar refractivity (Wildman–Crippen MR) is 108 cm³/mol. The first-order chi connectivity index (χ1) is 13.5. The molecule has 0 bridgehead atoms. The van der Waals surface area contributed by atoms with Gasteiger partial charge in [-0.05, 0) is 43.2 Å². The maximum absolute atomic E-state index is 12.8. The molecule has 28 heavy (non-hydrogen) atoms. The first-order valence-corrected chi connectivity index (χ1v) is 10.8. The van der Waals surface area contributed by atoms with E-state index in [0.29, 0.717) is 16.6 Å². The van der Waals surface area contributed by atoms with Gasteiger partial charge in [-0.3, -0.25) is 0 Å². The summed E-state index contributed by atoms with van der Waals surface area (Å²) in [4.78, 5) is 6.56. The number of oxazole rings is 1. The topological polar surface area (TPSA) is 84.7 Å². The smallest absolute Gasteiger partial charge is 0.298 e. The molecule has 0 aliphatic carbocycles. The van der Waals surface area contributed by atoms with E-state index in [4.69, 9.17) is 20.8 Å². The number of benzene rings is 2. The Balaban J connectivity index is 1.53. The minimum atomic E-state index is -3.78. The first-order valence-electron chi connectivity index (χ1n) is 8.93. The molecular formula is C19H20ClN3O4S. The zero-order valence-electron chi connectivity index (χ0n) is 15.3. The minimum absolute atomic E-state index is 0.0221. The van der Waals surface area contributed by atoms with Crippen LogP contribution in [0.3, 0.4) is 0 Å². The van der Waals surface area contributed by atoms with Crippen molar-refractivity contribution in [3.05, 3.63) is 47.5 Å². The molecule has 1 aliphatic rings. The lowest BCUT2D eigenvalue weighted by molar-refractivity contribution is 0.402. The Hall–Kier alpha value is -2.29. The van der Waals surface area contributed by atoms with Gasteiger partial charge in [0, 0.05) is 24.2 Å². The van der Waals surface area contributed by atoms with Crippen LogP contribution in [-0.4, -0.2) is 39.6 Å². The van der Waals surface area contributed by atoms with Crippen molar-refractivity contribution in [2.75, 3.05) is 25.1 Å². The molecule has 0 amide bonds.